The number of hydrogen-bond donors (Lipinski definition) is 1. The van der Waals surface area contributed by atoms with E-state index in [9.17, 15) is 22.8 Å². The number of carbonyl (C=O) groups is 2. The Bertz CT molecular complexity index is 801. The molecule has 0 saturated heterocycles. The number of amides is 1. The average molecular weight is 376 g/mol. The summed E-state index contributed by atoms with van der Waals surface area (Å²) in [5.74, 6) is -1.70. The fourth-order valence-electron chi connectivity index (χ4n) is 1.91. The number of hydrogen-bond acceptors (Lipinski definition) is 4. The van der Waals surface area contributed by atoms with E-state index in [2.05, 4.69) is 5.32 Å². The molecule has 5 nitrogen and oxygen atoms in total. The summed E-state index contributed by atoms with van der Waals surface area (Å²) in [6, 6.07) is 4.47. The Labute approximate surface area is 145 Å². The lowest BCUT2D eigenvalue weighted by Crippen LogP contribution is -2.30. The molecule has 1 atom stereocenters. The summed E-state index contributed by atoms with van der Waals surface area (Å²) in [6.45, 7) is 2.91. The van der Waals surface area contributed by atoms with Gasteiger partial charge in [-0.1, -0.05) is 11.6 Å². The van der Waals surface area contributed by atoms with Gasteiger partial charge in [-0.3, -0.25) is 4.79 Å². The second-order valence-corrected chi connectivity index (χ2v) is 5.57. The van der Waals surface area contributed by atoms with Crippen molar-refractivity contribution in [3.05, 3.63) is 52.4 Å². The van der Waals surface area contributed by atoms with Crippen LogP contribution in [0, 0.1) is 6.92 Å². The van der Waals surface area contributed by atoms with Crippen molar-refractivity contribution in [3.8, 4) is 0 Å². The third-order valence-corrected chi connectivity index (χ3v) is 3.57. The molecular formula is C16H13ClF3NO4. The van der Waals surface area contributed by atoms with Gasteiger partial charge in [0.15, 0.2) is 6.10 Å². The number of anilines is 1. The Morgan fingerprint density at radius 3 is 2.52 bits per heavy atom. The number of aryl methyl sites for hydroxylation is 1. The Morgan fingerprint density at radius 2 is 1.96 bits per heavy atom. The SMILES string of the molecule is Cc1ccoc1C(=O)OC(C)C(=O)Nc1ccc(Cl)c(C(F)(F)F)c1. The van der Waals surface area contributed by atoms with Crippen LogP contribution in [0.15, 0.2) is 34.9 Å². The lowest BCUT2D eigenvalue weighted by atomic mass is 10.2. The Balaban J connectivity index is 2.07. The minimum Gasteiger partial charge on any atom is -0.457 e. The van der Waals surface area contributed by atoms with Gasteiger partial charge in [0, 0.05) is 11.3 Å². The molecular weight excluding hydrogens is 363 g/mol. The molecule has 0 radical (unpaired) electrons. The summed E-state index contributed by atoms with van der Waals surface area (Å²) in [7, 11) is 0. The molecule has 1 heterocycles. The van der Waals surface area contributed by atoms with Crippen molar-refractivity contribution in [3.63, 3.8) is 0 Å². The molecule has 0 aliphatic heterocycles. The Kier molecular flexibility index (Phi) is 5.42. The van der Waals surface area contributed by atoms with E-state index in [4.69, 9.17) is 20.8 Å². The van der Waals surface area contributed by atoms with Crippen LogP contribution in [0.1, 0.15) is 28.6 Å². The molecule has 2 rings (SSSR count). The molecule has 1 amide bonds. The molecule has 1 aromatic heterocycles. The zero-order valence-electron chi connectivity index (χ0n) is 13.1. The van der Waals surface area contributed by atoms with Gasteiger partial charge in [0.1, 0.15) is 0 Å². The standard InChI is InChI=1S/C16H13ClF3NO4/c1-8-5-6-24-13(8)15(23)25-9(2)14(22)21-10-3-4-12(17)11(7-10)16(18,19)20/h3-7,9H,1-2H3,(H,21,22). The van der Waals surface area contributed by atoms with Crippen LogP contribution in [0.4, 0.5) is 18.9 Å². The van der Waals surface area contributed by atoms with Crippen molar-refractivity contribution in [2.45, 2.75) is 26.1 Å². The summed E-state index contributed by atoms with van der Waals surface area (Å²) in [5, 5.41) is 1.75. The number of alkyl halides is 3. The topological polar surface area (TPSA) is 68.5 Å². The largest absolute Gasteiger partial charge is 0.457 e. The fourth-order valence-corrected chi connectivity index (χ4v) is 2.14. The maximum Gasteiger partial charge on any atom is 0.417 e. The zero-order valence-corrected chi connectivity index (χ0v) is 13.9. The molecule has 0 spiro atoms. The maximum atomic E-state index is 12.8. The number of rotatable bonds is 4. The van der Waals surface area contributed by atoms with Crippen LogP contribution in [0.5, 0.6) is 0 Å². The first-order chi connectivity index (χ1) is 11.6. The highest BCUT2D eigenvalue weighted by Crippen LogP contribution is 2.36. The van der Waals surface area contributed by atoms with Crippen molar-refractivity contribution in [2.24, 2.45) is 0 Å². The maximum absolute atomic E-state index is 12.8. The van der Waals surface area contributed by atoms with Gasteiger partial charge < -0.3 is 14.5 Å². The van der Waals surface area contributed by atoms with Crippen molar-refractivity contribution < 1.29 is 31.9 Å². The van der Waals surface area contributed by atoms with E-state index in [0.29, 0.717) is 11.6 Å². The van der Waals surface area contributed by atoms with Crippen LogP contribution in [-0.2, 0) is 15.7 Å². The minimum absolute atomic E-state index is 0.0505. The van der Waals surface area contributed by atoms with E-state index in [1.54, 1.807) is 13.0 Å². The molecule has 0 aliphatic carbocycles. The molecule has 0 saturated carbocycles. The fraction of sp³-hybridized carbons (Fsp3) is 0.250. The number of nitrogens with one attached hydrogen (secondary N) is 1. The van der Waals surface area contributed by atoms with Gasteiger partial charge >= 0.3 is 12.1 Å². The lowest BCUT2D eigenvalue weighted by Gasteiger charge is -2.15. The highest BCUT2D eigenvalue weighted by atomic mass is 35.5. The predicted molar refractivity (Wildman–Crippen MR) is 83.4 cm³/mol. The highest BCUT2D eigenvalue weighted by Gasteiger charge is 2.33. The van der Waals surface area contributed by atoms with Crippen molar-refractivity contribution in [1.82, 2.24) is 0 Å². The molecule has 2 aromatic rings. The molecule has 1 N–H and O–H groups in total. The van der Waals surface area contributed by atoms with E-state index in [-0.39, 0.29) is 11.4 Å². The molecule has 9 heteroatoms. The Hall–Kier alpha value is -2.48. The number of esters is 1. The predicted octanol–water partition coefficient (Wildman–Crippen LogP) is 4.44. The van der Waals surface area contributed by atoms with Gasteiger partial charge in [-0.25, -0.2) is 4.79 Å². The van der Waals surface area contributed by atoms with Gasteiger partial charge in [0.05, 0.1) is 16.8 Å². The average Bonchev–Trinajstić information content (AvgIpc) is 2.94. The number of benzene rings is 1. The van der Waals surface area contributed by atoms with Crippen LogP contribution in [0.2, 0.25) is 5.02 Å². The van der Waals surface area contributed by atoms with E-state index < -0.39 is 34.7 Å². The third kappa shape index (κ3) is 4.54. The molecule has 0 bridgehead atoms. The number of ether oxygens (including phenoxy) is 1. The minimum atomic E-state index is -4.66. The number of furan rings is 1. The first-order valence-electron chi connectivity index (χ1n) is 7.02. The highest BCUT2D eigenvalue weighted by molar-refractivity contribution is 6.31. The van der Waals surface area contributed by atoms with Crippen LogP contribution >= 0.6 is 11.6 Å². The smallest absolute Gasteiger partial charge is 0.417 e. The first-order valence-corrected chi connectivity index (χ1v) is 7.40. The van der Waals surface area contributed by atoms with Gasteiger partial charge in [0.25, 0.3) is 5.91 Å². The summed E-state index contributed by atoms with van der Waals surface area (Å²) in [4.78, 5) is 23.9. The molecule has 134 valence electrons. The van der Waals surface area contributed by atoms with Crippen LogP contribution in [-0.4, -0.2) is 18.0 Å². The van der Waals surface area contributed by atoms with Gasteiger partial charge in [-0.2, -0.15) is 13.2 Å². The monoisotopic (exact) mass is 375 g/mol. The quantitative estimate of drug-likeness (QED) is 0.802. The van der Waals surface area contributed by atoms with Crippen LogP contribution in [0.25, 0.3) is 0 Å². The van der Waals surface area contributed by atoms with Gasteiger partial charge in [-0.05, 0) is 38.1 Å². The zero-order chi connectivity index (χ0) is 18.8. The molecule has 0 aliphatic rings. The van der Waals surface area contributed by atoms with E-state index in [1.165, 1.54) is 19.3 Å². The molecule has 1 unspecified atom stereocenters. The Morgan fingerprint density at radius 1 is 1.28 bits per heavy atom. The van der Waals surface area contributed by atoms with Crippen LogP contribution < -0.4 is 5.32 Å². The van der Waals surface area contributed by atoms with Crippen molar-refractivity contribution >= 4 is 29.2 Å². The number of halogens is 4. The lowest BCUT2D eigenvalue weighted by molar-refractivity contribution is -0.137. The second kappa shape index (κ2) is 7.18. The van der Waals surface area contributed by atoms with E-state index >= 15 is 0 Å². The van der Waals surface area contributed by atoms with Crippen molar-refractivity contribution in [2.75, 3.05) is 5.32 Å². The normalized spacial score (nSPS) is 12.6. The summed E-state index contributed by atoms with van der Waals surface area (Å²) in [5.41, 5.74) is -0.674. The molecule has 25 heavy (non-hydrogen) atoms. The summed E-state index contributed by atoms with van der Waals surface area (Å²) < 4.78 is 48.3. The molecule has 1 aromatic carbocycles. The summed E-state index contributed by atoms with van der Waals surface area (Å²) >= 11 is 5.51. The third-order valence-electron chi connectivity index (χ3n) is 3.24. The van der Waals surface area contributed by atoms with E-state index in [1.807, 2.05) is 0 Å². The first kappa shape index (κ1) is 18.9. The second-order valence-electron chi connectivity index (χ2n) is 5.16. The van der Waals surface area contributed by atoms with E-state index in [0.717, 1.165) is 6.07 Å². The molecule has 0 fully saturated rings. The van der Waals surface area contributed by atoms with Gasteiger partial charge in [-0.15, -0.1) is 0 Å². The number of carbonyl (C=O) groups excluding carboxylic acids is 2. The van der Waals surface area contributed by atoms with Gasteiger partial charge in [0.2, 0.25) is 5.76 Å². The summed E-state index contributed by atoms with van der Waals surface area (Å²) in [6.07, 6.45) is -4.61. The van der Waals surface area contributed by atoms with Crippen LogP contribution in [0.3, 0.4) is 0 Å². The van der Waals surface area contributed by atoms with Crippen molar-refractivity contribution in [1.29, 1.82) is 0 Å².